The van der Waals surface area contributed by atoms with Gasteiger partial charge >= 0.3 is 0 Å². The number of anilines is 1. The standard InChI is InChI=1S/C22H28N2O4S/c1-16(2)28-13-7-12-23-22(25)18-10-11-21-19(15-18)14-17(3)24(21)29(26,27)20-8-5-4-6-9-20/h4-6,8-11,15-17H,7,12-14H2,1-3H3,(H,23,25)/t17-/m0/s1. The molecule has 0 bridgehead atoms. The first-order chi connectivity index (χ1) is 13.8. The highest BCUT2D eigenvalue weighted by Gasteiger charge is 2.36. The van der Waals surface area contributed by atoms with E-state index in [2.05, 4.69) is 5.32 Å². The van der Waals surface area contributed by atoms with Crippen LogP contribution >= 0.6 is 0 Å². The number of hydrogen-bond acceptors (Lipinski definition) is 4. The average Bonchev–Trinajstić information content (AvgIpc) is 3.03. The zero-order valence-electron chi connectivity index (χ0n) is 17.1. The summed E-state index contributed by atoms with van der Waals surface area (Å²) in [7, 11) is -3.64. The SMILES string of the molecule is CC(C)OCCCNC(=O)c1ccc2c(c1)C[C@H](C)N2S(=O)(=O)c1ccccc1. The molecule has 1 aliphatic heterocycles. The van der Waals surface area contributed by atoms with Crippen LogP contribution in [0.2, 0.25) is 0 Å². The molecule has 2 aromatic rings. The summed E-state index contributed by atoms with van der Waals surface area (Å²) < 4.78 is 33.2. The Morgan fingerprint density at radius 2 is 1.93 bits per heavy atom. The second-order valence-corrected chi connectivity index (χ2v) is 9.35. The Labute approximate surface area is 172 Å². The van der Waals surface area contributed by atoms with Crippen LogP contribution in [-0.2, 0) is 21.2 Å². The van der Waals surface area contributed by atoms with Crippen molar-refractivity contribution in [2.24, 2.45) is 0 Å². The van der Waals surface area contributed by atoms with E-state index >= 15 is 0 Å². The molecule has 2 aromatic carbocycles. The maximum Gasteiger partial charge on any atom is 0.264 e. The van der Waals surface area contributed by atoms with Crippen molar-refractivity contribution in [3.8, 4) is 0 Å². The number of nitrogens with zero attached hydrogens (tertiary/aromatic N) is 1. The van der Waals surface area contributed by atoms with Gasteiger partial charge in [0.05, 0.1) is 16.7 Å². The van der Waals surface area contributed by atoms with Gasteiger partial charge in [0.2, 0.25) is 0 Å². The molecule has 0 saturated heterocycles. The maximum atomic E-state index is 13.1. The summed E-state index contributed by atoms with van der Waals surface area (Å²) in [4.78, 5) is 12.7. The fourth-order valence-corrected chi connectivity index (χ4v) is 5.23. The van der Waals surface area contributed by atoms with Crippen molar-refractivity contribution in [2.45, 2.75) is 50.7 Å². The molecule has 0 aliphatic carbocycles. The van der Waals surface area contributed by atoms with E-state index < -0.39 is 10.0 Å². The second-order valence-electron chi connectivity index (χ2n) is 7.54. The van der Waals surface area contributed by atoms with Crippen molar-refractivity contribution in [2.75, 3.05) is 17.5 Å². The molecular weight excluding hydrogens is 388 g/mol. The van der Waals surface area contributed by atoms with Crippen molar-refractivity contribution in [1.29, 1.82) is 0 Å². The molecule has 1 amide bonds. The predicted octanol–water partition coefficient (Wildman–Crippen LogP) is 3.37. The molecule has 0 radical (unpaired) electrons. The molecule has 29 heavy (non-hydrogen) atoms. The molecule has 1 N–H and O–H groups in total. The van der Waals surface area contributed by atoms with Crippen LogP contribution in [0.5, 0.6) is 0 Å². The van der Waals surface area contributed by atoms with Gasteiger partial charge in [0.25, 0.3) is 15.9 Å². The van der Waals surface area contributed by atoms with Crippen LogP contribution in [0.3, 0.4) is 0 Å². The number of sulfonamides is 1. The lowest BCUT2D eigenvalue weighted by Gasteiger charge is -2.24. The summed E-state index contributed by atoms with van der Waals surface area (Å²) in [5.74, 6) is -0.158. The number of hydrogen-bond donors (Lipinski definition) is 1. The lowest BCUT2D eigenvalue weighted by atomic mass is 10.1. The van der Waals surface area contributed by atoms with Crippen molar-refractivity contribution in [3.05, 3.63) is 59.7 Å². The zero-order chi connectivity index (χ0) is 21.0. The summed E-state index contributed by atoms with van der Waals surface area (Å²) >= 11 is 0. The highest BCUT2D eigenvalue weighted by atomic mass is 32.2. The number of fused-ring (bicyclic) bond motifs is 1. The quantitative estimate of drug-likeness (QED) is 0.670. The van der Waals surface area contributed by atoms with Gasteiger partial charge in [0, 0.05) is 24.8 Å². The minimum absolute atomic E-state index is 0.158. The molecule has 0 saturated carbocycles. The third kappa shape index (κ3) is 4.79. The third-order valence-electron chi connectivity index (χ3n) is 4.85. The molecule has 7 heteroatoms. The van der Waals surface area contributed by atoms with Crippen molar-refractivity contribution in [3.63, 3.8) is 0 Å². The van der Waals surface area contributed by atoms with Crippen molar-refractivity contribution < 1.29 is 17.9 Å². The summed E-state index contributed by atoms with van der Waals surface area (Å²) in [5, 5.41) is 2.89. The monoisotopic (exact) mass is 416 g/mol. The number of rotatable bonds is 8. The van der Waals surface area contributed by atoms with Crippen molar-refractivity contribution in [1.82, 2.24) is 5.32 Å². The average molecular weight is 417 g/mol. The topological polar surface area (TPSA) is 75.7 Å². The Balaban J connectivity index is 1.72. The number of carbonyl (C=O) groups excluding carboxylic acids is 1. The van der Waals surface area contributed by atoms with E-state index in [1.807, 2.05) is 20.8 Å². The van der Waals surface area contributed by atoms with Crippen LogP contribution in [-0.4, -0.2) is 39.6 Å². The van der Waals surface area contributed by atoms with Gasteiger partial charge in [0.1, 0.15) is 0 Å². The number of nitrogens with one attached hydrogen (secondary N) is 1. The molecule has 0 fully saturated rings. The van der Waals surface area contributed by atoms with Gasteiger partial charge in [-0.2, -0.15) is 0 Å². The van der Waals surface area contributed by atoms with Gasteiger partial charge in [-0.25, -0.2) is 8.42 Å². The molecule has 1 atom stereocenters. The first kappa shape index (κ1) is 21.3. The summed E-state index contributed by atoms with van der Waals surface area (Å²) in [6.07, 6.45) is 1.50. The van der Waals surface area contributed by atoms with E-state index in [-0.39, 0.29) is 22.9 Å². The number of benzene rings is 2. The van der Waals surface area contributed by atoms with Crippen LogP contribution in [0.1, 0.15) is 43.1 Å². The fourth-order valence-electron chi connectivity index (χ4n) is 3.51. The molecule has 0 aromatic heterocycles. The highest BCUT2D eigenvalue weighted by Crippen LogP contribution is 2.37. The number of ether oxygens (including phenoxy) is 1. The van der Waals surface area contributed by atoms with E-state index in [0.29, 0.717) is 30.8 Å². The zero-order valence-corrected chi connectivity index (χ0v) is 17.9. The number of carbonyl (C=O) groups is 1. The summed E-state index contributed by atoms with van der Waals surface area (Å²) in [6, 6.07) is 13.4. The number of amides is 1. The Kier molecular flexibility index (Phi) is 6.59. The lowest BCUT2D eigenvalue weighted by Crippen LogP contribution is -2.35. The van der Waals surface area contributed by atoms with E-state index in [0.717, 1.165) is 12.0 Å². The maximum absolute atomic E-state index is 13.1. The Hall–Kier alpha value is -2.38. The van der Waals surface area contributed by atoms with Gasteiger partial charge in [-0.15, -0.1) is 0 Å². The van der Waals surface area contributed by atoms with Gasteiger partial charge < -0.3 is 10.1 Å². The predicted molar refractivity (Wildman–Crippen MR) is 114 cm³/mol. The van der Waals surface area contributed by atoms with Gasteiger partial charge in [-0.1, -0.05) is 18.2 Å². The summed E-state index contributed by atoms with van der Waals surface area (Å²) in [6.45, 7) is 6.98. The molecule has 156 valence electrons. The second kappa shape index (κ2) is 8.97. The van der Waals surface area contributed by atoms with Gasteiger partial charge in [0.15, 0.2) is 0 Å². The molecule has 0 unspecified atom stereocenters. The highest BCUT2D eigenvalue weighted by molar-refractivity contribution is 7.92. The minimum atomic E-state index is -3.64. The van der Waals surface area contributed by atoms with Crippen molar-refractivity contribution >= 4 is 21.6 Å². The van der Waals surface area contributed by atoms with Crippen LogP contribution in [0.25, 0.3) is 0 Å². The van der Waals surface area contributed by atoms with Crippen LogP contribution in [0.4, 0.5) is 5.69 Å². The first-order valence-electron chi connectivity index (χ1n) is 9.93. The van der Waals surface area contributed by atoms with E-state index in [1.54, 1.807) is 48.5 Å². The molecular formula is C22H28N2O4S. The Morgan fingerprint density at radius 3 is 2.62 bits per heavy atom. The molecule has 1 aliphatic rings. The van der Waals surface area contributed by atoms with E-state index in [4.69, 9.17) is 4.74 Å². The normalized spacial score (nSPS) is 16.1. The minimum Gasteiger partial charge on any atom is -0.379 e. The molecule has 0 spiro atoms. The Bertz CT molecular complexity index is 958. The van der Waals surface area contributed by atoms with Gasteiger partial charge in [-0.3, -0.25) is 9.10 Å². The van der Waals surface area contributed by atoms with Crippen LogP contribution < -0.4 is 9.62 Å². The van der Waals surface area contributed by atoms with Crippen LogP contribution in [0.15, 0.2) is 53.4 Å². The molecule has 1 heterocycles. The lowest BCUT2D eigenvalue weighted by molar-refractivity contribution is 0.0757. The third-order valence-corrected chi connectivity index (χ3v) is 6.80. The first-order valence-corrected chi connectivity index (χ1v) is 11.4. The Morgan fingerprint density at radius 1 is 1.21 bits per heavy atom. The van der Waals surface area contributed by atoms with Crippen LogP contribution in [0, 0.1) is 0 Å². The molecule has 3 rings (SSSR count). The summed E-state index contributed by atoms with van der Waals surface area (Å²) in [5.41, 5.74) is 2.05. The molecule has 6 nitrogen and oxygen atoms in total. The smallest absolute Gasteiger partial charge is 0.264 e. The largest absolute Gasteiger partial charge is 0.379 e. The fraction of sp³-hybridized carbons (Fsp3) is 0.409. The van der Waals surface area contributed by atoms with E-state index in [1.165, 1.54) is 4.31 Å². The van der Waals surface area contributed by atoms with Gasteiger partial charge in [-0.05, 0) is 69.5 Å². The van der Waals surface area contributed by atoms with E-state index in [9.17, 15) is 13.2 Å².